The molecule has 0 unspecified atom stereocenters. The quantitative estimate of drug-likeness (QED) is 0.702. The van der Waals surface area contributed by atoms with Crippen LogP contribution in [-0.4, -0.2) is 28.2 Å². The SMILES string of the molecule is CCN(CC(C)C)C(=O)C(C)(C)Br. The molecule has 0 rings (SSSR count). The van der Waals surface area contributed by atoms with Gasteiger partial charge in [0.25, 0.3) is 0 Å². The zero-order valence-corrected chi connectivity index (χ0v) is 10.8. The van der Waals surface area contributed by atoms with Crippen LogP contribution in [0.2, 0.25) is 0 Å². The third-order valence-corrected chi connectivity index (χ3v) is 2.10. The van der Waals surface area contributed by atoms with Crippen molar-refractivity contribution in [1.29, 1.82) is 0 Å². The molecule has 78 valence electrons. The van der Waals surface area contributed by atoms with Crippen LogP contribution in [0.4, 0.5) is 0 Å². The lowest BCUT2D eigenvalue weighted by molar-refractivity contribution is -0.133. The molecule has 0 heterocycles. The number of rotatable bonds is 4. The minimum Gasteiger partial charge on any atom is -0.342 e. The van der Waals surface area contributed by atoms with Gasteiger partial charge in [0.1, 0.15) is 0 Å². The van der Waals surface area contributed by atoms with Gasteiger partial charge in [-0.15, -0.1) is 0 Å². The number of carbonyl (C=O) groups is 1. The van der Waals surface area contributed by atoms with Gasteiger partial charge in [-0.05, 0) is 26.7 Å². The van der Waals surface area contributed by atoms with Gasteiger partial charge in [-0.25, -0.2) is 0 Å². The summed E-state index contributed by atoms with van der Waals surface area (Å²) in [6, 6.07) is 0. The van der Waals surface area contributed by atoms with Gasteiger partial charge >= 0.3 is 0 Å². The van der Waals surface area contributed by atoms with Crippen LogP contribution in [0.1, 0.15) is 34.6 Å². The largest absolute Gasteiger partial charge is 0.342 e. The maximum absolute atomic E-state index is 11.8. The van der Waals surface area contributed by atoms with E-state index in [1.807, 2.05) is 25.7 Å². The lowest BCUT2D eigenvalue weighted by atomic mass is 10.1. The third kappa shape index (κ3) is 4.65. The van der Waals surface area contributed by atoms with Gasteiger partial charge in [0.2, 0.25) is 5.91 Å². The summed E-state index contributed by atoms with van der Waals surface area (Å²) in [5.41, 5.74) is 0. The van der Waals surface area contributed by atoms with E-state index in [-0.39, 0.29) is 5.91 Å². The molecule has 0 aliphatic carbocycles. The smallest absolute Gasteiger partial charge is 0.238 e. The molecule has 0 bridgehead atoms. The molecule has 0 atom stereocenters. The van der Waals surface area contributed by atoms with E-state index in [2.05, 4.69) is 29.8 Å². The van der Waals surface area contributed by atoms with Gasteiger partial charge < -0.3 is 4.90 Å². The van der Waals surface area contributed by atoms with Gasteiger partial charge in [-0.1, -0.05) is 29.8 Å². The highest BCUT2D eigenvalue weighted by molar-refractivity contribution is 9.10. The first-order valence-electron chi connectivity index (χ1n) is 4.77. The van der Waals surface area contributed by atoms with Crippen molar-refractivity contribution in [2.45, 2.75) is 38.9 Å². The maximum atomic E-state index is 11.8. The van der Waals surface area contributed by atoms with Crippen LogP contribution in [-0.2, 0) is 4.79 Å². The summed E-state index contributed by atoms with van der Waals surface area (Å²) in [6.45, 7) is 11.7. The number of hydrogen-bond donors (Lipinski definition) is 0. The molecule has 0 saturated carbocycles. The average molecular weight is 250 g/mol. The van der Waals surface area contributed by atoms with E-state index in [4.69, 9.17) is 0 Å². The van der Waals surface area contributed by atoms with Crippen LogP contribution >= 0.6 is 15.9 Å². The predicted octanol–water partition coefficient (Wildman–Crippen LogP) is 2.66. The Morgan fingerprint density at radius 1 is 1.46 bits per heavy atom. The fourth-order valence-electron chi connectivity index (χ4n) is 1.17. The molecule has 0 aromatic heterocycles. The number of alkyl halides is 1. The minimum atomic E-state index is -0.433. The van der Waals surface area contributed by atoms with Crippen LogP contribution in [0, 0.1) is 5.92 Å². The molecule has 2 nitrogen and oxygen atoms in total. The molecule has 0 spiro atoms. The van der Waals surface area contributed by atoms with E-state index in [0.29, 0.717) is 5.92 Å². The van der Waals surface area contributed by atoms with Crippen molar-refractivity contribution in [3.05, 3.63) is 0 Å². The molecular formula is C10H20BrNO. The maximum Gasteiger partial charge on any atom is 0.238 e. The fraction of sp³-hybridized carbons (Fsp3) is 0.900. The summed E-state index contributed by atoms with van der Waals surface area (Å²) in [5.74, 6) is 0.697. The molecule has 0 saturated heterocycles. The molecule has 0 fully saturated rings. The van der Waals surface area contributed by atoms with Crippen molar-refractivity contribution in [3.63, 3.8) is 0 Å². The first-order valence-corrected chi connectivity index (χ1v) is 5.56. The van der Waals surface area contributed by atoms with Crippen LogP contribution in [0.25, 0.3) is 0 Å². The fourth-order valence-corrected chi connectivity index (χ4v) is 1.42. The second-order valence-corrected chi connectivity index (χ2v) is 6.19. The highest BCUT2D eigenvalue weighted by Gasteiger charge is 2.28. The first kappa shape index (κ1) is 12.9. The zero-order valence-electron chi connectivity index (χ0n) is 9.22. The number of nitrogens with zero attached hydrogens (tertiary/aromatic N) is 1. The van der Waals surface area contributed by atoms with Crippen molar-refractivity contribution in [3.8, 4) is 0 Å². The Morgan fingerprint density at radius 2 is 1.92 bits per heavy atom. The third-order valence-electron chi connectivity index (χ3n) is 1.76. The molecule has 0 aliphatic rings. The standard InChI is InChI=1S/C10H20BrNO/c1-6-12(7-8(2)3)9(13)10(4,5)11/h8H,6-7H2,1-5H3. The van der Waals surface area contributed by atoms with Gasteiger partial charge in [-0.2, -0.15) is 0 Å². The number of carbonyl (C=O) groups excluding carboxylic acids is 1. The van der Waals surface area contributed by atoms with E-state index < -0.39 is 4.32 Å². The monoisotopic (exact) mass is 249 g/mol. The van der Waals surface area contributed by atoms with Crippen molar-refractivity contribution in [2.24, 2.45) is 5.92 Å². The second-order valence-electron chi connectivity index (χ2n) is 4.21. The predicted molar refractivity (Wildman–Crippen MR) is 60.1 cm³/mol. The Balaban J connectivity index is 4.33. The highest BCUT2D eigenvalue weighted by atomic mass is 79.9. The number of amides is 1. The topological polar surface area (TPSA) is 20.3 Å². The van der Waals surface area contributed by atoms with Crippen LogP contribution < -0.4 is 0 Å². The Bertz CT molecular complexity index is 172. The molecule has 0 aliphatic heterocycles. The lowest BCUT2D eigenvalue weighted by Gasteiger charge is -2.28. The summed E-state index contributed by atoms with van der Waals surface area (Å²) in [7, 11) is 0. The zero-order chi connectivity index (χ0) is 10.6. The summed E-state index contributed by atoms with van der Waals surface area (Å²) in [5, 5.41) is 0. The van der Waals surface area contributed by atoms with E-state index >= 15 is 0 Å². The van der Waals surface area contributed by atoms with Crippen molar-refractivity contribution in [2.75, 3.05) is 13.1 Å². The summed E-state index contributed by atoms with van der Waals surface area (Å²) in [4.78, 5) is 13.7. The first-order chi connectivity index (χ1) is 5.79. The Kier molecular flexibility index (Phi) is 4.97. The molecule has 0 aromatic rings. The van der Waals surface area contributed by atoms with E-state index in [1.165, 1.54) is 0 Å². The van der Waals surface area contributed by atoms with Crippen molar-refractivity contribution >= 4 is 21.8 Å². The Hall–Kier alpha value is -0.0500. The van der Waals surface area contributed by atoms with E-state index in [0.717, 1.165) is 13.1 Å². The molecule has 1 amide bonds. The molecule has 3 heteroatoms. The molecule has 0 N–H and O–H groups in total. The Morgan fingerprint density at radius 3 is 2.15 bits per heavy atom. The second kappa shape index (κ2) is 4.99. The van der Waals surface area contributed by atoms with Crippen molar-refractivity contribution in [1.82, 2.24) is 4.90 Å². The summed E-state index contributed by atoms with van der Waals surface area (Å²) >= 11 is 3.38. The van der Waals surface area contributed by atoms with Crippen LogP contribution in [0.15, 0.2) is 0 Å². The van der Waals surface area contributed by atoms with Gasteiger partial charge in [0.15, 0.2) is 0 Å². The lowest BCUT2D eigenvalue weighted by Crippen LogP contribution is -2.43. The van der Waals surface area contributed by atoms with Gasteiger partial charge in [-0.3, -0.25) is 4.79 Å². The summed E-state index contributed by atoms with van der Waals surface area (Å²) < 4.78 is -0.433. The number of halogens is 1. The molecule has 0 radical (unpaired) electrons. The van der Waals surface area contributed by atoms with Crippen molar-refractivity contribution < 1.29 is 4.79 Å². The van der Waals surface area contributed by atoms with Gasteiger partial charge in [0, 0.05) is 13.1 Å². The van der Waals surface area contributed by atoms with E-state index in [1.54, 1.807) is 0 Å². The molecule has 13 heavy (non-hydrogen) atoms. The van der Waals surface area contributed by atoms with Crippen LogP contribution in [0.3, 0.4) is 0 Å². The molecular weight excluding hydrogens is 230 g/mol. The van der Waals surface area contributed by atoms with Gasteiger partial charge in [0.05, 0.1) is 4.32 Å². The van der Waals surface area contributed by atoms with Crippen LogP contribution in [0.5, 0.6) is 0 Å². The molecule has 0 aromatic carbocycles. The number of hydrogen-bond acceptors (Lipinski definition) is 1. The Labute approximate surface area is 89.8 Å². The normalized spacial score (nSPS) is 11.9. The van der Waals surface area contributed by atoms with E-state index in [9.17, 15) is 4.79 Å². The minimum absolute atomic E-state index is 0.170. The summed E-state index contributed by atoms with van der Waals surface area (Å²) in [6.07, 6.45) is 0. The highest BCUT2D eigenvalue weighted by Crippen LogP contribution is 2.19. The average Bonchev–Trinajstić information content (AvgIpc) is 1.96.